The van der Waals surface area contributed by atoms with Crippen molar-refractivity contribution in [2.45, 2.75) is 44.4 Å². The van der Waals surface area contributed by atoms with E-state index in [-0.39, 0.29) is 35.6 Å². The van der Waals surface area contributed by atoms with Gasteiger partial charge in [0.15, 0.2) is 0 Å². The highest BCUT2D eigenvalue weighted by Crippen LogP contribution is 2.30. The molecule has 2 saturated heterocycles. The maximum Gasteiger partial charge on any atom is 0.267 e. The van der Waals surface area contributed by atoms with E-state index in [9.17, 15) is 18.7 Å². The third-order valence-corrected chi connectivity index (χ3v) is 8.13. The highest BCUT2D eigenvalue weighted by molar-refractivity contribution is 5.99. The van der Waals surface area contributed by atoms with Gasteiger partial charge < -0.3 is 34.4 Å². The molecule has 0 unspecified atom stereocenters. The molecule has 40 heavy (non-hydrogen) atoms. The van der Waals surface area contributed by atoms with Crippen molar-refractivity contribution in [3.8, 4) is 5.75 Å². The monoisotopic (exact) mass is 552 g/mol. The van der Waals surface area contributed by atoms with Gasteiger partial charge >= 0.3 is 0 Å². The smallest absolute Gasteiger partial charge is 0.267 e. The Kier molecular flexibility index (Phi) is 7.73. The molecule has 4 heterocycles. The van der Waals surface area contributed by atoms with Crippen LogP contribution in [0.5, 0.6) is 5.75 Å². The molecule has 0 spiro atoms. The molecule has 0 atom stereocenters. The lowest BCUT2D eigenvalue weighted by molar-refractivity contribution is 0.0729. The number of nitrogens with zero attached hydrogens (tertiary/aromatic N) is 2. The van der Waals surface area contributed by atoms with Crippen LogP contribution in [0.2, 0.25) is 0 Å². The van der Waals surface area contributed by atoms with Crippen LogP contribution >= 0.6 is 0 Å². The number of aliphatic hydroxyl groups excluding tert-OH is 1. The lowest BCUT2D eigenvalue weighted by Crippen LogP contribution is -2.47. The number of H-pyrrole nitrogens is 1. The maximum atomic E-state index is 14.3. The molecule has 6 rings (SSSR count). The number of carbonyl (C=O) groups is 1. The predicted molar refractivity (Wildman–Crippen MR) is 147 cm³/mol. The van der Waals surface area contributed by atoms with Crippen molar-refractivity contribution in [2.24, 2.45) is 0 Å². The highest BCUT2D eigenvalue weighted by atomic mass is 19.1. The molecular formula is C30H34F2N4O4. The molecule has 0 radical (unpaired) electrons. The van der Waals surface area contributed by atoms with E-state index in [1.54, 1.807) is 12.1 Å². The summed E-state index contributed by atoms with van der Waals surface area (Å²) < 4.78 is 39.1. The van der Waals surface area contributed by atoms with Crippen LogP contribution in [0.1, 0.15) is 41.7 Å². The third kappa shape index (κ3) is 5.84. The number of aliphatic hydroxyl groups is 1. The first kappa shape index (κ1) is 26.7. The van der Waals surface area contributed by atoms with E-state index in [4.69, 9.17) is 9.15 Å². The highest BCUT2D eigenvalue weighted by Gasteiger charge is 2.24. The average molecular weight is 553 g/mol. The van der Waals surface area contributed by atoms with Gasteiger partial charge in [0.1, 0.15) is 35.3 Å². The summed E-state index contributed by atoms with van der Waals surface area (Å²) in [6.07, 6.45) is 4.75. The van der Waals surface area contributed by atoms with E-state index in [0.717, 1.165) is 88.0 Å². The van der Waals surface area contributed by atoms with Crippen molar-refractivity contribution >= 4 is 27.8 Å². The lowest BCUT2D eigenvalue weighted by atomic mass is 10.0. The van der Waals surface area contributed by atoms with E-state index in [1.807, 2.05) is 12.1 Å². The molecule has 2 fully saturated rings. The Morgan fingerprint density at radius 2 is 1.77 bits per heavy atom. The fraction of sp³-hybridized carbons (Fsp3) is 0.433. The minimum Gasteiger partial charge on any atom is -0.488 e. The molecule has 10 heteroatoms. The summed E-state index contributed by atoms with van der Waals surface area (Å²) >= 11 is 0. The Balaban J connectivity index is 1.04. The predicted octanol–water partition coefficient (Wildman–Crippen LogP) is 4.42. The number of fused-ring (bicyclic) bond motifs is 2. The van der Waals surface area contributed by atoms with Gasteiger partial charge in [0.25, 0.3) is 5.91 Å². The minimum absolute atomic E-state index is 0.0274. The summed E-state index contributed by atoms with van der Waals surface area (Å²) in [6.45, 7) is 5.88. The SMILES string of the molecule is O=C(NC1CCN(CCN2CCC(O)CC2)CC1)c1cc2c(OCc3coc4cc(F)cc(F)c34)cccc2[nH]1. The summed E-state index contributed by atoms with van der Waals surface area (Å²) in [5, 5.41) is 13.8. The van der Waals surface area contributed by atoms with Gasteiger partial charge in [-0.25, -0.2) is 8.78 Å². The van der Waals surface area contributed by atoms with Crippen molar-refractivity contribution in [3.63, 3.8) is 0 Å². The van der Waals surface area contributed by atoms with Crippen LogP contribution in [0.25, 0.3) is 21.9 Å². The fourth-order valence-electron chi connectivity index (χ4n) is 5.78. The lowest BCUT2D eigenvalue weighted by Gasteiger charge is -2.35. The number of hydrogen-bond donors (Lipinski definition) is 3. The van der Waals surface area contributed by atoms with Crippen LogP contribution in [-0.2, 0) is 6.61 Å². The van der Waals surface area contributed by atoms with E-state index in [1.165, 1.54) is 6.26 Å². The minimum atomic E-state index is -0.699. The summed E-state index contributed by atoms with van der Waals surface area (Å²) in [4.78, 5) is 21.1. The number of rotatable bonds is 8. The molecule has 2 aromatic carbocycles. The number of amides is 1. The number of hydrogen-bond acceptors (Lipinski definition) is 6. The first-order valence-corrected chi connectivity index (χ1v) is 14.0. The molecule has 0 saturated carbocycles. The average Bonchev–Trinajstić information content (AvgIpc) is 3.57. The van der Waals surface area contributed by atoms with Crippen LogP contribution < -0.4 is 10.1 Å². The van der Waals surface area contributed by atoms with E-state index < -0.39 is 11.6 Å². The number of piperidine rings is 2. The Labute approximate surface area is 230 Å². The van der Waals surface area contributed by atoms with Crippen molar-refractivity contribution in [1.29, 1.82) is 0 Å². The van der Waals surface area contributed by atoms with Gasteiger partial charge in [-0.2, -0.15) is 0 Å². The zero-order chi connectivity index (χ0) is 27.6. The number of aromatic nitrogens is 1. The van der Waals surface area contributed by atoms with Gasteiger partial charge in [0, 0.05) is 73.9 Å². The second-order valence-electron chi connectivity index (χ2n) is 10.9. The number of likely N-dealkylation sites (tertiary alicyclic amines) is 2. The molecule has 212 valence electrons. The largest absolute Gasteiger partial charge is 0.488 e. The van der Waals surface area contributed by atoms with Gasteiger partial charge in [0.05, 0.1) is 17.8 Å². The Morgan fingerprint density at radius 1 is 1.05 bits per heavy atom. The molecule has 2 aromatic heterocycles. The number of nitrogens with one attached hydrogen (secondary N) is 2. The molecular weight excluding hydrogens is 518 g/mol. The standard InChI is InChI=1S/C30H34F2N4O4/c31-20-14-24(32)29-19(18-40-28(29)15-20)17-39-27-3-1-2-25-23(27)16-26(34-25)30(38)33-21-4-8-35(9-5-21)12-13-36-10-6-22(37)7-11-36/h1-3,14-16,18,21-22,34,37H,4-13,17H2,(H,33,38). The zero-order valence-corrected chi connectivity index (χ0v) is 22.3. The third-order valence-electron chi connectivity index (χ3n) is 8.13. The topological polar surface area (TPSA) is 94.0 Å². The van der Waals surface area contributed by atoms with Crippen molar-refractivity contribution < 1.29 is 27.8 Å². The number of benzene rings is 2. The van der Waals surface area contributed by atoms with Crippen LogP contribution in [-0.4, -0.2) is 77.2 Å². The quantitative estimate of drug-likeness (QED) is 0.300. The number of halogens is 2. The second-order valence-corrected chi connectivity index (χ2v) is 10.9. The van der Waals surface area contributed by atoms with Crippen LogP contribution in [0.15, 0.2) is 47.1 Å². The molecule has 0 aliphatic carbocycles. The van der Waals surface area contributed by atoms with Gasteiger partial charge in [0.2, 0.25) is 0 Å². The van der Waals surface area contributed by atoms with E-state index >= 15 is 0 Å². The number of carbonyl (C=O) groups excluding carboxylic acids is 1. The first-order chi connectivity index (χ1) is 19.4. The summed E-state index contributed by atoms with van der Waals surface area (Å²) in [5.41, 5.74) is 1.81. The molecule has 2 aliphatic rings. The molecule has 0 bridgehead atoms. The second kappa shape index (κ2) is 11.6. The maximum absolute atomic E-state index is 14.3. The fourth-order valence-corrected chi connectivity index (χ4v) is 5.78. The molecule has 4 aromatic rings. The van der Waals surface area contributed by atoms with Crippen molar-refractivity contribution in [1.82, 2.24) is 20.1 Å². The number of furan rings is 1. The summed E-state index contributed by atoms with van der Waals surface area (Å²) in [5.74, 6) is -1.01. The van der Waals surface area contributed by atoms with E-state index in [2.05, 4.69) is 20.1 Å². The molecule has 3 N–H and O–H groups in total. The molecule has 8 nitrogen and oxygen atoms in total. The van der Waals surface area contributed by atoms with Crippen LogP contribution in [0, 0.1) is 11.6 Å². The van der Waals surface area contributed by atoms with Gasteiger partial charge in [-0.3, -0.25) is 4.79 Å². The van der Waals surface area contributed by atoms with Crippen LogP contribution in [0.3, 0.4) is 0 Å². The van der Waals surface area contributed by atoms with Crippen molar-refractivity contribution in [3.05, 3.63) is 65.6 Å². The number of aromatic amines is 1. The molecule has 2 aliphatic heterocycles. The van der Waals surface area contributed by atoms with Gasteiger partial charge in [-0.05, 0) is 43.9 Å². The zero-order valence-electron chi connectivity index (χ0n) is 22.3. The Bertz CT molecular complexity index is 1490. The summed E-state index contributed by atoms with van der Waals surface area (Å²) in [7, 11) is 0. The van der Waals surface area contributed by atoms with Gasteiger partial charge in [-0.1, -0.05) is 6.07 Å². The Hall–Kier alpha value is -3.47. The Morgan fingerprint density at radius 3 is 2.52 bits per heavy atom. The normalized spacial score (nSPS) is 18.1. The molecule has 1 amide bonds. The first-order valence-electron chi connectivity index (χ1n) is 14.0. The number of ether oxygens (including phenoxy) is 1. The van der Waals surface area contributed by atoms with Gasteiger partial charge in [-0.15, -0.1) is 0 Å². The van der Waals surface area contributed by atoms with Crippen LogP contribution in [0.4, 0.5) is 8.78 Å². The van der Waals surface area contributed by atoms with E-state index in [0.29, 0.717) is 17.0 Å². The van der Waals surface area contributed by atoms with Crippen molar-refractivity contribution in [2.75, 3.05) is 39.3 Å². The summed E-state index contributed by atoms with van der Waals surface area (Å²) in [6, 6.07) is 9.34.